The standard InChI is InChI=1S/C22H36O3/c1-16(2)22-13-12-18(4)9-7-8-17(3)10-11-20(24-19(5)23)21(6,25-22)14-15-22/h8,12,16,20H,7,9-11,13-15H2,1-6H3/b17-8+,18-12+/t20-,21+,22+/m1/s1. The molecule has 0 unspecified atom stereocenters. The number of carbonyl (C=O) groups excluding carboxylic acids is 1. The van der Waals surface area contributed by atoms with E-state index in [4.69, 9.17) is 9.47 Å². The Hall–Kier alpha value is -1.09. The van der Waals surface area contributed by atoms with Crippen molar-refractivity contribution in [2.45, 2.75) is 104 Å². The zero-order valence-electron chi connectivity index (χ0n) is 17.0. The predicted molar refractivity (Wildman–Crippen MR) is 102 cm³/mol. The van der Waals surface area contributed by atoms with Crippen LogP contribution in [0.3, 0.4) is 0 Å². The monoisotopic (exact) mass is 348 g/mol. The maximum atomic E-state index is 11.7. The van der Waals surface area contributed by atoms with E-state index in [2.05, 4.69) is 46.8 Å². The first-order valence-electron chi connectivity index (χ1n) is 9.85. The van der Waals surface area contributed by atoms with Gasteiger partial charge in [-0.2, -0.15) is 0 Å². The molecule has 3 nitrogen and oxygen atoms in total. The molecule has 2 bridgehead atoms. The zero-order valence-corrected chi connectivity index (χ0v) is 17.0. The van der Waals surface area contributed by atoms with Crippen LogP contribution in [-0.4, -0.2) is 23.3 Å². The lowest BCUT2D eigenvalue weighted by atomic mass is 9.82. The van der Waals surface area contributed by atoms with E-state index in [0.29, 0.717) is 5.92 Å². The minimum absolute atomic E-state index is 0.148. The Morgan fingerprint density at radius 3 is 2.52 bits per heavy atom. The Labute approximate surface area is 153 Å². The van der Waals surface area contributed by atoms with E-state index in [1.54, 1.807) is 0 Å². The van der Waals surface area contributed by atoms with E-state index in [-0.39, 0.29) is 17.7 Å². The molecule has 25 heavy (non-hydrogen) atoms. The van der Waals surface area contributed by atoms with Crippen LogP contribution >= 0.6 is 0 Å². The molecule has 0 radical (unpaired) electrons. The second-order valence-electron chi connectivity index (χ2n) is 8.61. The third kappa shape index (κ3) is 4.97. The van der Waals surface area contributed by atoms with Crippen LogP contribution in [0.25, 0.3) is 0 Å². The van der Waals surface area contributed by atoms with Gasteiger partial charge in [0.15, 0.2) is 0 Å². The number of allylic oxidation sites excluding steroid dienone is 3. The summed E-state index contributed by atoms with van der Waals surface area (Å²) >= 11 is 0. The molecule has 0 saturated carbocycles. The van der Waals surface area contributed by atoms with E-state index < -0.39 is 5.60 Å². The van der Waals surface area contributed by atoms with Crippen molar-refractivity contribution < 1.29 is 14.3 Å². The van der Waals surface area contributed by atoms with E-state index in [9.17, 15) is 4.79 Å². The molecule has 0 aromatic heterocycles. The van der Waals surface area contributed by atoms with Crippen LogP contribution in [0.4, 0.5) is 0 Å². The van der Waals surface area contributed by atoms with Crippen LogP contribution < -0.4 is 0 Å². The Bertz CT molecular complexity index is 545. The van der Waals surface area contributed by atoms with Gasteiger partial charge in [0.1, 0.15) is 11.7 Å². The van der Waals surface area contributed by atoms with Gasteiger partial charge in [-0.3, -0.25) is 4.79 Å². The first-order valence-corrected chi connectivity index (χ1v) is 9.85. The van der Waals surface area contributed by atoms with Crippen LogP contribution in [0, 0.1) is 5.92 Å². The Morgan fingerprint density at radius 2 is 1.88 bits per heavy atom. The van der Waals surface area contributed by atoms with Gasteiger partial charge in [-0.25, -0.2) is 0 Å². The van der Waals surface area contributed by atoms with Crippen LogP contribution in [0.2, 0.25) is 0 Å². The van der Waals surface area contributed by atoms with Crippen LogP contribution in [-0.2, 0) is 14.3 Å². The molecule has 0 aromatic rings. The van der Waals surface area contributed by atoms with Crippen molar-refractivity contribution in [3.63, 3.8) is 0 Å². The first-order chi connectivity index (χ1) is 11.7. The summed E-state index contributed by atoms with van der Waals surface area (Å²) in [5.74, 6) is 0.222. The summed E-state index contributed by atoms with van der Waals surface area (Å²) in [4.78, 5) is 11.7. The summed E-state index contributed by atoms with van der Waals surface area (Å²) in [6.45, 7) is 12.6. The molecule has 0 aromatic carbocycles. The van der Waals surface area contributed by atoms with E-state index >= 15 is 0 Å². The van der Waals surface area contributed by atoms with Crippen molar-refractivity contribution >= 4 is 5.97 Å². The van der Waals surface area contributed by atoms with Crippen molar-refractivity contribution in [1.29, 1.82) is 0 Å². The number of ether oxygens (including phenoxy) is 2. The maximum Gasteiger partial charge on any atom is 0.303 e. The molecule has 2 heterocycles. The van der Waals surface area contributed by atoms with Gasteiger partial charge in [-0.15, -0.1) is 0 Å². The second-order valence-corrected chi connectivity index (χ2v) is 8.61. The molecule has 3 atom stereocenters. The summed E-state index contributed by atoms with van der Waals surface area (Å²) in [6, 6.07) is 0. The fraction of sp³-hybridized carbons (Fsp3) is 0.773. The van der Waals surface area contributed by atoms with Gasteiger partial charge >= 0.3 is 5.97 Å². The lowest BCUT2D eigenvalue weighted by Gasteiger charge is -2.39. The highest BCUT2D eigenvalue weighted by Crippen LogP contribution is 2.48. The average Bonchev–Trinajstić information content (AvgIpc) is 2.88. The fourth-order valence-corrected chi connectivity index (χ4v) is 4.18. The highest BCUT2D eigenvalue weighted by molar-refractivity contribution is 5.66. The predicted octanol–water partition coefficient (Wildman–Crippen LogP) is 5.74. The Balaban J connectivity index is 2.35. The van der Waals surface area contributed by atoms with Gasteiger partial charge in [0.25, 0.3) is 0 Å². The van der Waals surface area contributed by atoms with Gasteiger partial charge in [0.2, 0.25) is 0 Å². The van der Waals surface area contributed by atoms with Gasteiger partial charge in [0, 0.05) is 6.92 Å². The summed E-state index contributed by atoms with van der Waals surface area (Å²) < 4.78 is 12.5. The molecule has 0 aliphatic carbocycles. The van der Waals surface area contributed by atoms with Gasteiger partial charge in [0.05, 0.1) is 5.60 Å². The number of hydrogen-bond donors (Lipinski definition) is 0. The van der Waals surface area contributed by atoms with Crippen molar-refractivity contribution in [2.24, 2.45) is 5.92 Å². The normalized spacial score (nSPS) is 38.6. The van der Waals surface area contributed by atoms with Crippen molar-refractivity contribution in [3.8, 4) is 0 Å². The average molecular weight is 349 g/mol. The molecule has 3 heteroatoms. The highest BCUT2D eigenvalue weighted by Gasteiger charge is 2.52. The highest BCUT2D eigenvalue weighted by atomic mass is 16.6. The van der Waals surface area contributed by atoms with E-state index in [1.807, 2.05) is 0 Å². The van der Waals surface area contributed by atoms with Gasteiger partial charge in [-0.1, -0.05) is 37.1 Å². The maximum absolute atomic E-state index is 11.7. The summed E-state index contributed by atoms with van der Waals surface area (Å²) in [7, 11) is 0. The summed E-state index contributed by atoms with van der Waals surface area (Å²) in [6.07, 6.45) is 11.4. The summed E-state index contributed by atoms with van der Waals surface area (Å²) in [5.41, 5.74) is 2.27. The number of fused-ring (bicyclic) bond motifs is 2. The summed E-state index contributed by atoms with van der Waals surface area (Å²) in [5, 5.41) is 0. The third-order valence-electron chi connectivity index (χ3n) is 6.15. The van der Waals surface area contributed by atoms with Crippen LogP contribution in [0.15, 0.2) is 23.3 Å². The molecule has 0 amide bonds. The topological polar surface area (TPSA) is 35.5 Å². The number of hydrogen-bond acceptors (Lipinski definition) is 3. The Morgan fingerprint density at radius 1 is 1.20 bits per heavy atom. The van der Waals surface area contributed by atoms with E-state index in [0.717, 1.165) is 44.9 Å². The largest absolute Gasteiger partial charge is 0.459 e. The smallest absolute Gasteiger partial charge is 0.303 e. The minimum atomic E-state index is -0.397. The fourth-order valence-electron chi connectivity index (χ4n) is 4.18. The second kappa shape index (κ2) is 8.07. The van der Waals surface area contributed by atoms with E-state index in [1.165, 1.54) is 18.1 Å². The third-order valence-corrected chi connectivity index (χ3v) is 6.15. The Kier molecular flexibility index (Phi) is 6.53. The number of carbonyl (C=O) groups is 1. The SMILES string of the molecule is CC(=O)O[C@@H]1CC/C(C)=C/CC/C(C)=C/C[C@@]2(C(C)C)CC[C@]1(C)O2. The lowest BCUT2D eigenvalue weighted by molar-refractivity contribution is -0.186. The molecule has 142 valence electrons. The number of esters is 1. The van der Waals surface area contributed by atoms with Gasteiger partial charge < -0.3 is 9.47 Å². The molecule has 2 aliphatic heterocycles. The molecule has 0 spiro atoms. The lowest BCUT2D eigenvalue weighted by Crippen LogP contribution is -2.46. The molecular formula is C22H36O3. The molecule has 1 saturated heterocycles. The quantitative estimate of drug-likeness (QED) is 0.471. The first kappa shape index (κ1) is 20.2. The van der Waals surface area contributed by atoms with Crippen molar-refractivity contribution in [2.75, 3.05) is 0 Å². The zero-order chi connectivity index (χ0) is 18.7. The van der Waals surface area contributed by atoms with Crippen molar-refractivity contribution in [3.05, 3.63) is 23.3 Å². The van der Waals surface area contributed by atoms with Crippen molar-refractivity contribution in [1.82, 2.24) is 0 Å². The molecule has 0 N–H and O–H groups in total. The molecule has 2 aliphatic rings. The number of rotatable bonds is 2. The molecular weight excluding hydrogens is 312 g/mol. The van der Waals surface area contributed by atoms with Crippen LogP contribution in [0.5, 0.6) is 0 Å². The minimum Gasteiger partial charge on any atom is -0.459 e. The van der Waals surface area contributed by atoms with Crippen LogP contribution in [0.1, 0.15) is 86.5 Å². The van der Waals surface area contributed by atoms with Gasteiger partial charge in [-0.05, 0) is 71.6 Å². The molecule has 2 rings (SSSR count). The molecule has 1 fully saturated rings.